The molecule has 4 rings (SSSR count). The van der Waals surface area contributed by atoms with Crippen LogP contribution in [0.15, 0.2) is 24.3 Å². The molecule has 0 spiro atoms. The number of cyclic esters (lactones) is 2. The SMILES string of the molecule is COCc1cc(C(C)(C)c2cc(C)c(OC3CCOC3=O)c(COC)c2)cc(C)c1OC1CCOC1=O. The van der Waals surface area contributed by atoms with Gasteiger partial charge in [-0.2, -0.15) is 0 Å². The Hall–Kier alpha value is -3.10. The third-order valence-corrected chi connectivity index (χ3v) is 7.04. The van der Waals surface area contributed by atoms with Gasteiger partial charge in [0.25, 0.3) is 0 Å². The molecule has 0 amide bonds. The average molecular weight is 513 g/mol. The second-order valence-corrected chi connectivity index (χ2v) is 10.2. The minimum absolute atomic E-state index is 0.332. The second kappa shape index (κ2) is 11.1. The minimum Gasteiger partial charge on any atom is -0.478 e. The fourth-order valence-electron chi connectivity index (χ4n) is 4.90. The van der Waals surface area contributed by atoms with Crippen molar-refractivity contribution in [1.29, 1.82) is 0 Å². The topological polar surface area (TPSA) is 89.5 Å². The van der Waals surface area contributed by atoms with Crippen LogP contribution in [0.3, 0.4) is 0 Å². The summed E-state index contributed by atoms with van der Waals surface area (Å²) in [7, 11) is 3.28. The molecule has 2 heterocycles. The van der Waals surface area contributed by atoms with E-state index in [-0.39, 0.29) is 11.9 Å². The molecule has 2 aromatic rings. The molecule has 2 aliphatic rings. The summed E-state index contributed by atoms with van der Waals surface area (Å²) in [6, 6.07) is 8.35. The summed E-state index contributed by atoms with van der Waals surface area (Å²) < 4.78 is 33.3. The lowest BCUT2D eigenvalue weighted by molar-refractivity contribution is -0.144. The Labute approximate surface area is 218 Å². The normalized spacial score (nSPS) is 19.6. The van der Waals surface area contributed by atoms with Crippen molar-refractivity contribution in [1.82, 2.24) is 0 Å². The van der Waals surface area contributed by atoms with Crippen LogP contribution in [0, 0.1) is 13.8 Å². The molecule has 2 saturated heterocycles. The van der Waals surface area contributed by atoms with Crippen LogP contribution in [0.1, 0.15) is 60.1 Å². The largest absolute Gasteiger partial charge is 0.478 e. The molecule has 0 aliphatic carbocycles. The van der Waals surface area contributed by atoms with E-state index in [9.17, 15) is 9.59 Å². The summed E-state index contributed by atoms with van der Waals surface area (Å²) in [6.07, 6.45) is -0.131. The first-order valence-corrected chi connectivity index (χ1v) is 12.6. The van der Waals surface area contributed by atoms with Crippen LogP contribution >= 0.6 is 0 Å². The number of ether oxygens (including phenoxy) is 6. The van der Waals surface area contributed by atoms with E-state index < -0.39 is 17.6 Å². The van der Waals surface area contributed by atoms with Gasteiger partial charge in [-0.05, 0) is 48.2 Å². The van der Waals surface area contributed by atoms with Gasteiger partial charge in [-0.3, -0.25) is 0 Å². The molecule has 0 aromatic heterocycles. The number of hydrogen-bond donors (Lipinski definition) is 0. The minimum atomic E-state index is -0.600. The van der Waals surface area contributed by atoms with Gasteiger partial charge in [0.1, 0.15) is 11.5 Å². The number of esters is 2. The van der Waals surface area contributed by atoms with Crippen molar-refractivity contribution in [3.63, 3.8) is 0 Å². The van der Waals surface area contributed by atoms with Crippen molar-refractivity contribution in [3.05, 3.63) is 57.6 Å². The Bertz CT molecular complexity index is 1080. The molecule has 0 bridgehead atoms. The highest BCUT2D eigenvalue weighted by Crippen LogP contribution is 2.40. The van der Waals surface area contributed by atoms with Gasteiger partial charge in [-0.1, -0.05) is 26.0 Å². The maximum atomic E-state index is 12.0. The quantitative estimate of drug-likeness (QED) is 0.435. The molecule has 2 fully saturated rings. The molecule has 2 aromatic carbocycles. The Morgan fingerprint density at radius 1 is 0.757 bits per heavy atom. The molecule has 2 unspecified atom stereocenters. The predicted molar refractivity (Wildman–Crippen MR) is 136 cm³/mol. The first kappa shape index (κ1) is 26.9. The standard InChI is InChI=1S/C29H36O8/c1-17-11-21(13-19(15-32-5)25(17)36-23-7-9-34-27(23)30)29(3,4)22-12-18(2)26(20(14-22)16-33-6)37-24-8-10-35-28(24)31/h11-14,23-24H,7-10,15-16H2,1-6H3. The highest BCUT2D eigenvalue weighted by molar-refractivity contribution is 5.77. The summed E-state index contributed by atoms with van der Waals surface area (Å²) in [5, 5.41) is 0. The zero-order valence-corrected chi connectivity index (χ0v) is 22.5. The zero-order valence-electron chi connectivity index (χ0n) is 22.5. The van der Waals surface area contributed by atoms with E-state index in [2.05, 4.69) is 38.1 Å². The molecule has 8 nitrogen and oxygen atoms in total. The van der Waals surface area contributed by atoms with E-state index in [1.165, 1.54) is 0 Å². The summed E-state index contributed by atoms with van der Waals surface area (Å²) in [4.78, 5) is 24.0. The number of hydrogen-bond acceptors (Lipinski definition) is 8. The van der Waals surface area contributed by atoms with Crippen molar-refractivity contribution in [2.24, 2.45) is 0 Å². The number of benzene rings is 2. The maximum absolute atomic E-state index is 12.0. The zero-order chi connectivity index (χ0) is 26.7. The Balaban J connectivity index is 1.70. The van der Waals surface area contributed by atoms with Gasteiger partial charge < -0.3 is 28.4 Å². The fourth-order valence-corrected chi connectivity index (χ4v) is 4.90. The van der Waals surface area contributed by atoms with Crippen LogP contribution in [-0.4, -0.2) is 51.6 Å². The van der Waals surface area contributed by atoms with Crippen LogP contribution in [0.25, 0.3) is 0 Å². The highest BCUT2D eigenvalue weighted by atomic mass is 16.6. The lowest BCUT2D eigenvalue weighted by Gasteiger charge is -2.30. The van der Waals surface area contributed by atoms with E-state index in [0.29, 0.717) is 50.8 Å². The van der Waals surface area contributed by atoms with Crippen LogP contribution in [-0.2, 0) is 47.2 Å². The summed E-state index contributed by atoms with van der Waals surface area (Å²) in [5.41, 5.74) is 5.36. The van der Waals surface area contributed by atoms with Crippen molar-refractivity contribution in [2.75, 3.05) is 27.4 Å². The molecule has 2 aliphatic heterocycles. The lowest BCUT2D eigenvalue weighted by Crippen LogP contribution is -2.25. The monoisotopic (exact) mass is 512 g/mol. The van der Waals surface area contributed by atoms with Gasteiger partial charge in [0.05, 0.1) is 26.4 Å². The molecule has 0 N–H and O–H groups in total. The number of carbonyl (C=O) groups excluding carboxylic acids is 2. The van der Waals surface area contributed by atoms with Gasteiger partial charge in [0, 0.05) is 43.6 Å². The van der Waals surface area contributed by atoms with Crippen LogP contribution in [0.4, 0.5) is 0 Å². The van der Waals surface area contributed by atoms with E-state index >= 15 is 0 Å². The molecular formula is C29H36O8. The molecule has 8 heteroatoms. The Morgan fingerprint density at radius 3 is 1.49 bits per heavy atom. The van der Waals surface area contributed by atoms with Crippen molar-refractivity contribution >= 4 is 11.9 Å². The van der Waals surface area contributed by atoms with Gasteiger partial charge in [-0.15, -0.1) is 0 Å². The number of rotatable bonds is 10. The first-order chi connectivity index (χ1) is 17.6. The number of aryl methyl sites for hydroxylation is 2. The van der Waals surface area contributed by atoms with Crippen LogP contribution in [0.2, 0.25) is 0 Å². The summed E-state index contributed by atoms with van der Waals surface area (Å²) in [5.74, 6) is 0.658. The van der Waals surface area contributed by atoms with Crippen molar-refractivity contribution in [2.45, 2.75) is 71.4 Å². The molecule has 37 heavy (non-hydrogen) atoms. The molecule has 0 saturated carbocycles. The average Bonchev–Trinajstić information content (AvgIpc) is 3.45. The van der Waals surface area contributed by atoms with E-state index in [1.807, 2.05) is 13.8 Å². The first-order valence-electron chi connectivity index (χ1n) is 12.6. The Morgan fingerprint density at radius 2 is 1.16 bits per heavy atom. The van der Waals surface area contributed by atoms with Gasteiger partial charge in [0.15, 0.2) is 12.2 Å². The second-order valence-electron chi connectivity index (χ2n) is 10.2. The summed E-state index contributed by atoms with van der Waals surface area (Å²) in [6.45, 7) is 9.72. The van der Waals surface area contributed by atoms with E-state index in [4.69, 9.17) is 28.4 Å². The summed E-state index contributed by atoms with van der Waals surface area (Å²) >= 11 is 0. The lowest BCUT2D eigenvalue weighted by atomic mass is 9.76. The van der Waals surface area contributed by atoms with Crippen molar-refractivity contribution < 1.29 is 38.0 Å². The van der Waals surface area contributed by atoms with Gasteiger partial charge in [0.2, 0.25) is 0 Å². The van der Waals surface area contributed by atoms with Crippen molar-refractivity contribution in [3.8, 4) is 11.5 Å². The number of methoxy groups -OCH3 is 2. The smallest absolute Gasteiger partial charge is 0.347 e. The third kappa shape index (κ3) is 5.60. The molecule has 2 atom stereocenters. The van der Waals surface area contributed by atoms with Crippen LogP contribution in [0.5, 0.6) is 11.5 Å². The van der Waals surface area contributed by atoms with E-state index in [0.717, 1.165) is 33.4 Å². The maximum Gasteiger partial charge on any atom is 0.347 e. The van der Waals surface area contributed by atoms with Gasteiger partial charge >= 0.3 is 11.9 Å². The molecular weight excluding hydrogens is 476 g/mol. The predicted octanol–water partition coefficient (Wildman–Crippen LogP) is 4.31. The van der Waals surface area contributed by atoms with Gasteiger partial charge in [-0.25, -0.2) is 9.59 Å². The fraction of sp³-hybridized carbons (Fsp3) is 0.517. The Kier molecular flexibility index (Phi) is 8.09. The third-order valence-electron chi connectivity index (χ3n) is 7.04. The van der Waals surface area contributed by atoms with Crippen LogP contribution < -0.4 is 9.47 Å². The number of carbonyl (C=O) groups is 2. The molecule has 200 valence electrons. The highest BCUT2D eigenvalue weighted by Gasteiger charge is 2.33. The van der Waals surface area contributed by atoms with E-state index in [1.54, 1.807) is 14.2 Å². The molecule has 0 radical (unpaired) electrons.